The third kappa shape index (κ3) is 5.88. The van der Waals surface area contributed by atoms with Crippen LogP contribution in [0.1, 0.15) is 18.9 Å². The standard InChI is InChI=1S/C19H20ClF2NO2S/c1-2-17(25-18-9-4-3-7-16(18)22)19(24)23-10-11-26-12-13-14(20)6-5-8-15(13)21/h3-9,17H,2,10-12H2,1H3,(H,23,24)/t17-/m0/s1. The van der Waals surface area contributed by atoms with Crippen LogP contribution in [0.4, 0.5) is 8.78 Å². The molecule has 2 aromatic rings. The van der Waals surface area contributed by atoms with Crippen LogP contribution in [0.2, 0.25) is 5.02 Å². The van der Waals surface area contributed by atoms with Gasteiger partial charge in [-0.25, -0.2) is 8.78 Å². The number of ether oxygens (including phenoxy) is 1. The zero-order valence-electron chi connectivity index (χ0n) is 14.3. The SMILES string of the molecule is CC[C@H](Oc1ccccc1F)C(=O)NCCSCc1c(F)cccc1Cl. The Morgan fingerprint density at radius 1 is 1.19 bits per heavy atom. The molecule has 7 heteroatoms. The van der Waals surface area contributed by atoms with Gasteiger partial charge in [0, 0.05) is 28.6 Å². The smallest absolute Gasteiger partial charge is 0.261 e. The molecule has 0 aromatic heterocycles. The topological polar surface area (TPSA) is 38.3 Å². The van der Waals surface area contributed by atoms with Gasteiger partial charge in [0.05, 0.1) is 0 Å². The lowest BCUT2D eigenvalue weighted by atomic mass is 10.2. The molecule has 0 fully saturated rings. The summed E-state index contributed by atoms with van der Waals surface area (Å²) in [4.78, 5) is 12.2. The van der Waals surface area contributed by atoms with E-state index in [-0.39, 0.29) is 17.5 Å². The zero-order chi connectivity index (χ0) is 18.9. The first-order valence-corrected chi connectivity index (χ1v) is 9.75. The molecule has 0 aliphatic carbocycles. The number of amides is 1. The van der Waals surface area contributed by atoms with Gasteiger partial charge in [0.25, 0.3) is 5.91 Å². The Hall–Kier alpha value is -1.79. The Balaban J connectivity index is 1.76. The number of carbonyl (C=O) groups is 1. The fourth-order valence-corrected chi connectivity index (χ4v) is 3.42. The normalized spacial score (nSPS) is 11.8. The first-order valence-electron chi connectivity index (χ1n) is 8.22. The maximum atomic E-state index is 13.7. The van der Waals surface area contributed by atoms with Crippen molar-refractivity contribution in [2.75, 3.05) is 12.3 Å². The number of halogens is 3. The summed E-state index contributed by atoms with van der Waals surface area (Å²) < 4.78 is 32.7. The summed E-state index contributed by atoms with van der Waals surface area (Å²) in [6.45, 7) is 2.19. The first-order chi connectivity index (χ1) is 12.5. The van der Waals surface area contributed by atoms with Gasteiger partial charge in [0.2, 0.25) is 0 Å². The molecule has 140 valence electrons. The van der Waals surface area contributed by atoms with Crippen LogP contribution in [0.25, 0.3) is 0 Å². The number of thioether (sulfide) groups is 1. The number of hydrogen-bond donors (Lipinski definition) is 1. The molecule has 0 spiro atoms. The second kappa shape index (κ2) is 10.4. The molecule has 1 N–H and O–H groups in total. The molecule has 0 saturated carbocycles. The third-order valence-corrected chi connectivity index (χ3v) is 4.96. The highest BCUT2D eigenvalue weighted by Gasteiger charge is 2.19. The molecule has 1 atom stereocenters. The van der Waals surface area contributed by atoms with Crippen LogP contribution in [-0.4, -0.2) is 24.3 Å². The lowest BCUT2D eigenvalue weighted by molar-refractivity contribution is -0.128. The van der Waals surface area contributed by atoms with Crippen molar-refractivity contribution in [3.8, 4) is 5.75 Å². The van der Waals surface area contributed by atoms with E-state index in [0.29, 0.717) is 35.1 Å². The fraction of sp³-hybridized carbons (Fsp3) is 0.316. The van der Waals surface area contributed by atoms with Crippen LogP contribution in [-0.2, 0) is 10.5 Å². The van der Waals surface area contributed by atoms with Crippen molar-refractivity contribution >= 4 is 29.3 Å². The van der Waals surface area contributed by atoms with Gasteiger partial charge < -0.3 is 10.1 Å². The van der Waals surface area contributed by atoms with Gasteiger partial charge in [-0.2, -0.15) is 11.8 Å². The summed E-state index contributed by atoms with van der Waals surface area (Å²) in [5.74, 6) is -0.0793. The molecule has 0 aliphatic rings. The van der Waals surface area contributed by atoms with Gasteiger partial charge in [-0.1, -0.05) is 36.7 Å². The highest BCUT2D eigenvalue weighted by molar-refractivity contribution is 7.98. The van der Waals surface area contributed by atoms with Crippen molar-refractivity contribution in [1.29, 1.82) is 0 Å². The van der Waals surface area contributed by atoms with E-state index in [1.165, 1.54) is 30.0 Å². The van der Waals surface area contributed by atoms with Gasteiger partial charge in [0.1, 0.15) is 5.82 Å². The molecule has 3 nitrogen and oxygen atoms in total. The molecule has 0 aliphatic heterocycles. The molecule has 0 heterocycles. The molecule has 0 unspecified atom stereocenters. The maximum absolute atomic E-state index is 13.7. The van der Waals surface area contributed by atoms with Gasteiger partial charge in [-0.15, -0.1) is 0 Å². The van der Waals surface area contributed by atoms with E-state index >= 15 is 0 Å². The maximum Gasteiger partial charge on any atom is 0.261 e. The van der Waals surface area contributed by atoms with Crippen molar-refractivity contribution < 1.29 is 18.3 Å². The summed E-state index contributed by atoms with van der Waals surface area (Å²) >= 11 is 7.44. The molecular weight excluding hydrogens is 380 g/mol. The van der Waals surface area contributed by atoms with Crippen molar-refractivity contribution in [3.05, 3.63) is 64.7 Å². The van der Waals surface area contributed by atoms with Gasteiger partial charge in [0.15, 0.2) is 17.7 Å². The second-order valence-corrected chi connectivity index (χ2v) is 7.00. The summed E-state index contributed by atoms with van der Waals surface area (Å²) in [7, 11) is 0. The Morgan fingerprint density at radius 3 is 2.62 bits per heavy atom. The lowest BCUT2D eigenvalue weighted by Gasteiger charge is -2.17. The minimum atomic E-state index is -0.766. The number of para-hydroxylation sites is 1. The average molecular weight is 400 g/mol. The Bertz CT molecular complexity index is 725. The molecule has 26 heavy (non-hydrogen) atoms. The lowest BCUT2D eigenvalue weighted by Crippen LogP contribution is -2.39. The Morgan fingerprint density at radius 2 is 1.92 bits per heavy atom. The predicted molar refractivity (Wildman–Crippen MR) is 102 cm³/mol. The molecular formula is C19H20ClF2NO2S. The van der Waals surface area contributed by atoms with Crippen LogP contribution < -0.4 is 10.1 Å². The monoisotopic (exact) mass is 399 g/mol. The minimum absolute atomic E-state index is 0.0538. The zero-order valence-corrected chi connectivity index (χ0v) is 15.9. The minimum Gasteiger partial charge on any atom is -0.478 e. The Kier molecular flexibility index (Phi) is 8.19. The highest BCUT2D eigenvalue weighted by Crippen LogP contribution is 2.23. The van der Waals surface area contributed by atoms with E-state index in [4.69, 9.17) is 16.3 Å². The largest absolute Gasteiger partial charge is 0.478 e. The summed E-state index contributed by atoms with van der Waals surface area (Å²) in [5.41, 5.74) is 0.458. The van der Waals surface area contributed by atoms with Crippen LogP contribution in [0.5, 0.6) is 5.75 Å². The molecule has 0 saturated heterocycles. The second-order valence-electron chi connectivity index (χ2n) is 5.49. The average Bonchev–Trinajstić information content (AvgIpc) is 2.62. The van der Waals surface area contributed by atoms with E-state index in [1.807, 2.05) is 0 Å². The fourth-order valence-electron chi connectivity index (χ4n) is 2.22. The summed E-state index contributed by atoms with van der Waals surface area (Å²) in [6.07, 6.45) is -0.351. The molecule has 1 amide bonds. The molecule has 0 radical (unpaired) electrons. The first kappa shape index (κ1) is 20.5. The number of carbonyl (C=O) groups excluding carboxylic acids is 1. The van der Waals surface area contributed by atoms with Crippen molar-refractivity contribution in [2.45, 2.75) is 25.2 Å². The van der Waals surface area contributed by atoms with Gasteiger partial charge >= 0.3 is 0 Å². The van der Waals surface area contributed by atoms with Gasteiger partial charge in [-0.05, 0) is 30.7 Å². The molecule has 0 bridgehead atoms. The van der Waals surface area contributed by atoms with E-state index in [9.17, 15) is 13.6 Å². The third-order valence-electron chi connectivity index (χ3n) is 3.62. The van der Waals surface area contributed by atoms with Crippen molar-refractivity contribution in [2.24, 2.45) is 0 Å². The number of hydrogen-bond acceptors (Lipinski definition) is 3. The summed E-state index contributed by atoms with van der Waals surface area (Å²) in [6, 6.07) is 10.6. The Labute approximate surface area is 161 Å². The van der Waals surface area contributed by atoms with Crippen LogP contribution >= 0.6 is 23.4 Å². The van der Waals surface area contributed by atoms with E-state index in [0.717, 1.165) is 0 Å². The van der Waals surface area contributed by atoms with Gasteiger partial charge in [-0.3, -0.25) is 4.79 Å². The summed E-state index contributed by atoms with van der Waals surface area (Å²) in [5, 5.41) is 3.15. The van der Waals surface area contributed by atoms with Crippen LogP contribution in [0.15, 0.2) is 42.5 Å². The predicted octanol–water partition coefficient (Wildman–Crippen LogP) is 4.83. The number of benzene rings is 2. The van der Waals surface area contributed by atoms with Crippen molar-refractivity contribution in [1.82, 2.24) is 5.32 Å². The molecule has 2 aromatic carbocycles. The number of nitrogens with one attached hydrogen (secondary N) is 1. The van der Waals surface area contributed by atoms with E-state index in [2.05, 4.69) is 5.32 Å². The van der Waals surface area contributed by atoms with E-state index < -0.39 is 11.9 Å². The quantitative estimate of drug-likeness (QED) is 0.614. The van der Waals surface area contributed by atoms with Crippen LogP contribution in [0.3, 0.4) is 0 Å². The van der Waals surface area contributed by atoms with Crippen LogP contribution in [0, 0.1) is 11.6 Å². The highest BCUT2D eigenvalue weighted by atomic mass is 35.5. The molecule has 2 rings (SSSR count). The van der Waals surface area contributed by atoms with Crippen molar-refractivity contribution in [3.63, 3.8) is 0 Å². The number of rotatable bonds is 9. The van der Waals surface area contributed by atoms with E-state index in [1.54, 1.807) is 31.2 Å².